The summed E-state index contributed by atoms with van der Waals surface area (Å²) in [5.74, 6) is 0.169. The second-order valence-corrected chi connectivity index (χ2v) is 12.1. The second kappa shape index (κ2) is 12.4. The summed E-state index contributed by atoms with van der Waals surface area (Å²) in [7, 11) is -1.85. The first-order chi connectivity index (χ1) is 14.1. The summed E-state index contributed by atoms with van der Waals surface area (Å²) in [6, 6.07) is 23.4. The highest BCUT2D eigenvalue weighted by Gasteiger charge is 2.33. The molecule has 0 amide bonds. The molecule has 3 heteroatoms. The Hall–Kier alpha value is -2.23. The van der Waals surface area contributed by atoms with Crippen LogP contribution in [0.4, 0.5) is 0 Å². The lowest BCUT2D eigenvalue weighted by molar-refractivity contribution is -0.125. The van der Waals surface area contributed by atoms with Gasteiger partial charge in [-0.3, -0.25) is 4.79 Å². The van der Waals surface area contributed by atoms with Gasteiger partial charge in [0.05, 0.1) is 0 Å². The Morgan fingerprint density at radius 2 is 1.31 bits per heavy atom. The summed E-state index contributed by atoms with van der Waals surface area (Å²) in [5, 5.41) is 0. The Morgan fingerprint density at radius 3 is 1.79 bits per heavy atom. The fourth-order valence-electron chi connectivity index (χ4n) is 3.45. The highest BCUT2D eigenvalue weighted by atomic mass is 28.4. The van der Waals surface area contributed by atoms with Crippen LogP contribution in [0.3, 0.4) is 0 Å². The normalized spacial score (nSPS) is 13.2. The van der Waals surface area contributed by atoms with Crippen LogP contribution in [0.15, 0.2) is 72.8 Å². The molecule has 0 bridgehead atoms. The third-order valence-electron chi connectivity index (χ3n) is 5.57. The van der Waals surface area contributed by atoms with Gasteiger partial charge in [-0.05, 0) is 35.7 Å². The molecule has 0 N–H and O–H groups in total. The van der Waals surface area contributed by atoms with Crippen LogP contribution in [-0.2, 0) is 9.22 Å². The van der Waals surface area contributed by atoms with E-state index in [0.717, 1.165) is 29.3 Å². The topological polar surface area (TPSA) is 26.3 Å². The molecule has 2 rings (SSSR count). The van der Waals surface area contributed by atoms with E-state index in [-0.39, 0.29) is 11.9 Å². The first-order valence-corrected chi connectivity index (χ1v) is 13.3. The molecule has 2 aromatic rings. The highest BCUT2D eigenvalue weighted by molar-refractivity contribution is 6.73. The van der Waals surface area contributed by atoms with Gasteiger partial charge in [0.15, 0.2) is 14.1 Å². The van der Waals surface area contributed by atoms with Gasteiger partial charge >= 0.3 is 0 Å². The van der Waals surface area contributed by atoms with Crippen molar-refractivity contribution in [2.24, 2.45) is 0 Å². The van der Waals surface area contributed by atoms with Gasteiger partial charge in [-0.2, -0.15) is 0 Å². The van der Waals surface area contributed by atoms with Gasteiger partial charge in [0.1, 0.15) is 6.10 Å². The van der Waals surface area contributed by atoms with Crippen molar-refractivity contribution < 1.29 is 9.22 Å². The SMILES string of the molecule is CC[Si](CC)(CC)O[C@@H](C/C=C/c1ccccc1)C(=O)C/C=C/c1ccccc1. The summed E-state index contributed by atoms with van der Waals surface area (Å²) in [6.45, 7) is 6.61. The summed E-state index contributed by atoms with van der Waals surface area (Å²) in [4.78, 5) is 13.0. The molecular formula is C26H34O2Si. The zero-order valence-corrected chi connectivity index (χ0v) is 19.0. The van der Waals surface area contributed by atoms with Crippen LogP contribution < -0.4 is 0 Å². The van der Waals surface area contributed by atoms with Crippen molar-refractivity contribution in [3.8, 4) is 0 Å². The number of ketones is 1. The monoisotopic (exact) mass is 406 g/mol. The summed E-state index contributed by atoms with van der Waals surface area (Å²) in [5.41, 5.74) is 2.26. The molecule has 0 aliphatic heterocycles. The molecule has 0 spiro atoms. The summed E-state index contributed by atoms with van der Waals surface area (Å²) < 4.78 is 6.59. The van der Waals surface area contributed by atoms with Crippen LogP contribution in [-0.4, -0.2) is 20.2 Å². The third-order valence-corrected chi connectivity index (χ3v) is 10.2. The molecule has 0 aliphatic carbocycles. The van der Waals surface area contributed by atoms with Crippen molar-refractivity contribution in [3.63, 3.8) is 0 Å². The Kier molecular flexibility index (Phi) is 9.82. The van der Waals surface area contributed by atoms with E-state index in [1.165, 1.54) is 0 Å². The lowest BCUT2D eigenvalue weighted by Gasteiger charge is -2.32. The molecule has 0 radical (unpaired) electrons. The molecule has 2 nitrogen and oxygen atoms in total. The molecule has 0 aliphatic rings. The molecule has 0 heterocycles. The number of benzene rings is 2. The average Bonchev–Trinajstić information content (AvgIpc) is 2.78. The van der Waals surface area contributed by atoms with Crippen LogP contribution in [0.25, 0.3) is 12.2 Å². The number of rotatable bonds is 12. The predicted molar refractivity (Wildman–Crippen MR) is 127 cm³/mol. The molecule has 2 aromatic carbocycles. The van der Waals surface area contributed by atoms with Gasteiger partial charge in [0.25, 0.3) is 0 Å². The Bertz CT molecular complexity index is 769. The van der Waals surface area contributed by atoms with E-state index < -0.39 is 8.32 Å². The molecule has 154 valence electrons. The van der Waals surface area contributed by atoms with E-state index in [2.05, 4.69) is 45.1 Å². The van der Waals surface area contributed by atoms with Gasteiger partial charge in [-0.1, -0.05) is 106 Å². The van der Waals surface area contributed by atoms with Crippen molar-refractivity contribution in [2.45, 2.75) is 57.8 Å². The van der Waals surface area contributed by atoms with E-state index in [1.54, 1.807) is 0 Å². The van der Waals surface area contributed by atoms with Crippen molar-refractivity contribution >= 4 is 26.3 Å². The molecule has 0 saturated carbocycles. The standard InChI is InChI=1S/C26H34O2Si/c1-4-29(5-2,6-3)28-26(22-14-20-24-17-11-8-12-18-24)25(27)21-13-19-23-15-9-7-10-16-23/h7-20,26H,4-6,21-22H2,1-3H3/b19-13+,20-14+/t26-/m0/s1. The van der Waals surface area contributed by atoms with E-state index in [9.17, 15) is 4.79 Å². The average molecular weight is 407 g/mol. The number of hydrogen-bond acceptors (Lipinski definition) is 2. The zero-order valence-electron chi connectivity index (χ0n) is 18.0. The lowest BCUT2D eigenvalue weighted by atomic mass is 10.1. The second-order valence-electron chi connectivity index (χ2n) is 7.38. The Morgan fingerprint density at radius 1 is 0.828 bits per heavy atom. The molecule has 29 heavy (non-hydrogen) atoms. The van der Waals surface area contributed by atoms with E-state index in [4.69, 9.17) is 4.43 Å². The van der Waals surface area contributed by atoms with Crippen molar-refractivity contribution in [2.75, 3.05) is 0 Å². The molecule has 0 fully saturated rings. The summed E-state index contributed by atoms with van der Waals surface area (Å²) >= 11 is 0. The van der Waals surface area contributed by atoms with Crippen molar-refractivity contribution in [1.82, 2.24) is 0 Å². The van der Waals surface area contributed by atoms with Crippen molar-refractivity contribution in [1.29, 1.82) is 0 Å². The minimum Gasteiger partial charge on any atom is -0.407 e. The number of allylic oxidation sites excluding steroid dienone is 1. The maximum absolute atomic E-state index is 13.0. The first kappa shape index (κ1) is 23.0. The van der Waals surface area contributed by atoms with E-state index in [0.29, 0.717) is 12.8 Å². The fraction of sp³-hybridized carbons (Fsp3) is 0.346. The number of hydrogen-bond donors (Lipinski definition) is 0. The fourth-order valence-corrected chi connectivity index (χ4v) is 6.28. The molecule has 0 aromatic heterocycles. The molecule has 1 atom stereocenters. The van der Waals surface area contributed by atoms with Crippen LogP contribution in [0.5, 0.6) is 0 Å². The van der Waals surface area contributed by atoms with Crippen LogP contribution in [0.2, 0.25) is 18.1 Å². The third kappa shape index (κ3) is 7.60. The predicted octanol–water partition coefficient (Wildman–Crippen LogP) is 7.15. The van der Waals surface area contributed by atoms with Gasteiger partial charge in [0, 0.05) is 6.42 Å². The van der Waals surface area contributed by atoms with Gasteiger partial charge < -0.3 is 4.43 Å². The largest absolute Gasteiger partial charge is 0.407 e. The minimum atomic E-state index is -1.85. The zero-order chi connectivity index (χ0) is 21.0. The van der Waals surface area contributed by atoms with Gasteiger partial charge in [0.2, 0.25) is 0 Å². The molecule has 0 unspecified atom stereocenters. The van der Waals surface area contributed by atoms with E-state index >= 15 is 0 Å². The van der Waals surface area contributed by atoms with Gasteiger partial charge in [-0.15, -0.1) is 0 Å². The quantitative estimate of drug-likeness (QED) is 0.350. The molecular weight excluding hydrogens is 372 g/mol. The van der Waals surface area contributed by atoms with Crippen molar-refractivity contribution in [3.05, 3.63) is 83.9 Å². The molecule has 0 saturated heterocycles. The van der Waals surface area contributed by atoms with Gasteiger partial charge in [-0.25, -0.2) is 0 Å². The lowest BCUT2D eigenvalue weighted by Crippen LogP contribution is -2.42. The Labute approximate surface area is 177 Å². The van der Waals surface area contributed by atoms with Crippen LogP contribution >= 0.6 is 0 Å². The van der Waals surface area contributed by atoms with E-state index in [1.807, 2.05) is 60.7 Å². The number of carbonyl (C=O) groups is 1. The Balaban J connectivity index is 2.08. The number of carbonyl (C=O) groups excluding carboxylic acids is 1. The van der Waals surface area contributed by atoms with Crippen LogP contribution in [0, 0.1) is 0 Å². The summed E-state index contributed by atoms with van der Waals surface area (Å²) in [6.07, 6.45) is 8.81. The maximum atomic E-state index is 13.0. The first-order valence-electron chi connectivity index (χ1n) is 10.8. The number of Topliss-reactive ketones (excluding diaryl/α,β-unsaturated/α-hetero) is 1. The highest BCUT2D eigenvalue weighted by Crippen LogP contribution is 2.25. The minimum absolute atomic E-state index is 0.169. The maximum Gasteiger partial charge on any atom is 0.193 e. The van der Waals surface area contributed by atoms with Crippen LogP contribution in [0.1, 0.15) is 44.7 Å². The smallest absolute Gasteiger partial charge is 0.193 e.